The van der Waals surface area contributed by atoms with Crippen LogP contribution in [0.25, 0.3) is 10.8 Å². The first-order valence-electron chi connectivity index (χ1n) is 8.55. The zero-order valence-electron chi connectivity index (χ0n) is 15.2. The molecule has 0 spiro atoms. The highest BCUT2D eigenvalue weighted by Crippen LogP contribution is 2.14. The van der Waals surface area contributed by atoms with Crippen molar-refractivity contribution in [1.29, 1.82) is 0 Å². The number of amides is 1. The lowest BCUT2D eigenvalue weighted by molar-refractivity contribution is 0.0945. The van der Waals surface area contributed by atoms with Crippen molar-refractivity contribution in [2.75, 3.05) is 19.0 Å². The maximum Gasteiger partial charge on any atom is 0.274 e. The van der Waals surface area contributed by atoms with Crippen LogP contribution in [0.2, 0.25) is 0 Å². The number of fused-ring (bicyclic) bond motifs is 1. The van der Waals surface area contributed by atoms with Gasteiger partial charge >= 0.3 is 0 Å². The number of aromatic nitrogens is 2. The minimum Gasteiger partial charge on any atom is -0.378 e. The van der Waals surface area contributed by atoms with Gasteiger partial charge in [-0.2, -0.15) is 5.10 Å². The van der Waals surface area contributed by atoms with Gasteiger partial charge in [-0.15, -0.1) is 0 Å². The van der Waals surface area contributed by atoms with Crippen LogP contribution < -0.4 is 15.8 Å². The second kappa shape index (κ2) is 7.39. The van der Waals surface area contributed by atoms with Crippen molar-refractivity contribution in [2.45, 2.75) is 20.0 Å². The van der Waals surface area contributed by atoms with E-state index in [1.165, 1.54) is 4.68 Å². The molecule has 0 saturated heterocycles. The van der Waals surface area contributed by atoms with Crippen molar-refractivity contribution < 1.29 is 4.79 Å². The number of carbonyl (C=O) groups is 1. The lowest BCUT2D eigenvalue weighted by Crippen LogP contribution is -2.30. The van der Waals surface area contributed by atoms with Crippen molar-refractivity contribution in [3.8, 4) is 0 Å². The largest absolute Gasteiger partial charge is 0.378 e. The summed E-state index contributed by atoms with van der Waals surface area (Å²) in [6, 6.07) is 15.0. The van der Waals surface area contributed by atoms with Crippen LogP contribution in [0.15, 0.2) is 53.3 Å². The Morgan fingerprint density at radius 1 is 1.08 bits per heavy atom. The third kappa shape index (κ3) is 3.44. The highest BCUT2D eigenvalue weighted by atomic mass is 16.2. The topological polar surface area (TPSA) is 67.2 Å². The van der Waals surface area contributed by atoms with Crippen molar-refractivity contribution in [3.05, 3.63) is 70.1 Å². The Kier molecular flexibility index (Phi) is 5.02. The van der Waals surface area contributed by atoms with Gasteiger partial charge in [0.25, 0.3) is 11.5 Å². The summed E-state index contributed by atoms with van der Waals surface area (Å²) in [7, 11) is 3.96. The highest BCUT2D eigenvalue weighted by molar-refractivity contribution is 6.04. The first-order chi connectivity index (χ1) is 12.5. The second-order valence-electron chi connectivity index (χ2n) is 6.26. The van der Waals surface area contributed by atoms with Gasteiger partial charge in [-0.3, -0.25) is 9.59 Å². The molecule has 0 aliphatic carbocycles. The number of rotatable bonds is 5. The number of benzene rings is 2. The third-order valence-electron chi connectivity index (χ3n) is 4.29. The minimum atomic E-state index is -0.292. The lowest BCUT2D eigenvalue weighted by Gasteiger charge is -2.13. The van der Waals surface area contributed by atoms with Crippen molar-refractivity contribution in [1.82, 2.24) is 15.1 Å². The molecule has 1 aromatic heterocycles. The molecule has 1 N–H and O–H groups in total. The maximum absolute atomic E-state index is 12.7. The van der Waals surface area contributed by atoms with Gasteiger partial charge in [0, 0.05) is 38.3 Å². The molecule has 26 heavy (non-hydrogen) atoms. The predicted octanol–water partition coefficient (Wildman–Crippen LogP) is 2.41. The number of aryl methyl sites for hydroxylation is 1. The van der Waals surface area contributed by atoms with E-state index in [1.807, 2.05) is 50.2 Å². The molecule has 6 heteroatoms. The molecular formula is C20H22N4O2. The van der Waals surface area contributed by atoms with E-state index in [1.54, 1.807) is 24.3 Å². The van der Waals surface area contributed by atoms with Gasteiger partial charge in [-0.1, -0.05) is 30.3 Å². The summed E-state index contributed by atoms with van der Waals surface area (Å²) in [4.78, 5) is 27.1. The molecule has 3 rings (SSSR count). The molecule has 0 radical (unpaired) electrons. The normalized spacial score (nSPS) is 10.7. The fourth-order valence-corrected chi connectivity index (χ4v) is 2.80. The fourth-order valence-electron chi connectivity index (χ4n) is 2.80. The van der Waals surface area contributed by atoms with E-state index in [4.69, 9.17) is 0 Å². The van der Waals surface area contributed by atoms with Gasteiger partial charge < -0.3 is 10.2 Å². The molecule has 0 aliphatic heterocycles. The Morgan fingerprint density at radius 2 is 1.73 bits per heavy atom. The zero-order valence-corrected chi connectivity index (χ0v) is 15.2. The molecule has 1 amide bonds. The van der Waals surface area contributed by atoms with Gasteiger partial charge in [0.1, 0.15) is 0 Å². The quantitative estimate of drug-likeness (QED) is 0.767. The van der Waals surface area contributed by atoms with Crippen molar-refractivity contribution in [3.63, 3.8) is 0 Å². The maximum atomic E-state index is 12.7. The van der Waals surface area contributed by atoms with Crippen LogP contribution >= 0.6 is 0 Å². The fraction of sp³-hybridized carbons (Fsp3) is 0.250. The molecule has 6 nitrogen and oxygen atoms in total. The number of nitrogens with zero attached hydrogens (tertiary/aromatic N) is 3. The molecule has 3 aromatic rings. The Balaban J connectivity index is 1.86. The van der Waals surface area contributed by atoms with E-state index >= 15 is 0 Å². The zero-order chi connectivity index (χ0) is 18.7. The molecule has 2 aromatic carbocycles. The van der Waals surface area contributed by atoms with E-state index in [0.717, 1.165) is 11.3 Å². The van der Waals surface area contributed by atoms with E-state index in [2.05, 4.69) is 10.4 Å². The third-order valence-corrected chi connectivity index (χ3v) is 4.29. The molecule has 0 aliphatic rings. The average Bonchev–Trinajstić information content (AvgIpc) is 2.67. The summed E-state index contributed by atoms with van der Waals surface area (Å²) in [5, 5.41) is 8.23. The molecule has 1 heterocycles. The van der Waals surface area contributed by atoms with Gasteiger partial charge in [0.05, 0.1) is 5.39 Å². The molecule has 0 atom stereocenters. The second-order valence-corrected chi connectivity index (χ2v) is 6.26. The number of hydrogen-bond donors (Lipinski definition) is 1. The first-order valence-corrected chi connectivity index (χ1v) is 8.55. The van der Waals surface area contributed by atoms with Crippen LogP contribution in [0.1, 0.15) is 23.0 Å². The molecule has 0 bridgehead atoms. The van der Waals surface area contributed by atoms with Crippen LogP contribution in [0.4, 0.5) is 5.69 Å². The lowest BCUT2D eigenvalue weighted by atomic mass is 10.1. The predicted molar refractivity (Wildman–Crippen MR) is 104 cm³/mol. The Morgan fingerprint density at radius 3 is 2.35 bits per heavy atom. The van der Waals surface area contributed by atoms with Crippen LogP contribution in [0.3, 0.4) is 0 Å². The van der Waals surface area contributed by atoms with Crippen molar-refractivity contribution in [2.24, 2.45) is 0 Å². The summed E-state index contributed by atoms with van der Waals surface area (Å²) >= 11 is 0. The van der Waals surface area contributed by atoms with Crippen molar-refractivity contribution >= 4 is 22.4 Å². The smallest absolute Gasteiger partial charge is 0.274 e. The molecule has 134 valence electrons. The van der Waals surface area contributed by atoms with E-state index in [9.17, 15) is 9.59 Å². The highest BCUT2D eigenvalue weighted by Gasteiger charge is 2.15. The first kappa shape index (κ1) is 17.7. The van der Waals surface area contributed by atoms with Crippen LogP contribution in [0.5, 0.6) is 0 Å². The van der Waals surface area contributed by atoms with Gasteiger partial charge in [-0.05, 0) is 30.7 Å². The Labute approximate surface area is 152 Å². The summed E-state index contributed by atoms with van der Waals surface area (Å²) in [6.07, 6.45) is 0. The summed E-state index contributed by atoms with van der Waals surface area (Å²) < 4.78 is 1.32. The number of hydrogen-bond acceptors (Lipinski definition) is 4. The summed E-state index contributed by atoms with van der Waals surface area (Å²) in [5.74, 6) is -0.292. The summed E-state index contributed by atoms with van der Waals surface area (Å²) in [5.41, 5.74) is 2.19. The van der Waals surface area contributed by atoms with Gasteiger partial charge in [0.15, 0.2) is 5.69 Å². The van der Waals surface area contributed by atoms with E-state index in [0.29, 0.717) is 23.9 Å². The van der Waals surface area contributed by atoms with Gasteiger partial charge in [-0.25, -0.2) is 4.68 Å². The van der Waals surface area contributed by atoms with Crippen LogP contribution in [-0.2, 0) is 13.1 Å². The number of carbonyl (C=O) groups excluding carboxylic acids is 1. The molecule has 0 unspecified atom stereocenters. The Hall–Kier alpha value is -3.15. The average molecular weight is 350 g/mol. The molecule has 0 saturated carbocycles. The van der Waals surface area contributed by atoms with Crippen LogP contribution in [0, 0.1) is 0 Å². The monoisotopic (exact) mass is 350 g/mol. The SMILES string of the molecule is CCn1nc(C(=O)NCc2ccc(N(C)C)cc2)c2ccccc2c1=O. The number of nitrogens with one attached hydrogen (secondary N) is 1. The summed E-state index contributed by atoms with van der Waals surface area (Å²) in [6.45, 7) is 2.64. The van der Waals surface area contributed by atoms with Gasteiger partial charge in [0.2, 0.25) is 0 Å². The van der Waals surface area contributed by atoms with E-state index in [-0.39, 0.29) is 17.2 Å². The molecule has 0 fully saturated rings. The Bertz CT molecular complexity index is 991. The standard InChI is InChI=1S/C20H22N4O2/c1-4-24-20(26)17-8-6-5-7-16(17)18(22-24)19(25)21-13-14-9-11-15(12-10-14)23(2)3/h5-12H,4,13H2,1-3H3,(H,21,25). The molecular weight excluding hydrogens is 328 g/mol. The van der Waals surface area contributed by atoms with Crippen LogP contribution in [-0.4, -0.2) is 29.8 Å². The van der Waals surface area contributed by atoms with E-state index < -0.39 is 0 Å². The number of anilines is 1. The minimum absolute atomic E-state index is 0.182.